The van der Waals surface area contributed by atoms with Crippen LogP contribution in [0.5, 0.6) is 0 Å². The van der Waals surface area contributed by atoms with Crippen molar-refractivity contribution in [3.8, 4) is 0 Å². The van der Waals surface area contributed by atoms with E-state index in [2.05, 4.69) is 12.2 Å². The van der Waals surface area contributed by atoms with Crippen LogP contribution in [0, 0.1) is 16.0 Å². The lowest BCUT2D eigenvalue weighted by Crippen LogP contribution is -2.20. The molecule has 0 saturated heterocycles. The first-order valence-electron chi connectivity index (χ1n) is 8.25. The van der Waals surface area contributed by atoms with Crippen LogP contribution in [0.1, 0.15) is 33.5 Å². The number of benzene rings is 1. The van der Waals surface area contributed by atoms with Gasteiger partial charge in [0, 0.05) is 22.7 Å². The molecule has 0 bridgehead atoms. The van der Waals surface area contributed by atoms with Crippen LogP contribution >= 0.6 is 11.3 Å². The highest BCUT2D eigenvalue weighted by molar-refractivity contribution is 7.14. The largest absolute Gasteiger partial charge is 0.451 e. The normalized spacial score (nSPS) is 15.8. The molecule has 1 heterocycles. The van der Waals surface area contributed by atoms with E-state index in [9.17, 15) is 19.7 Å². The Labute approximate surface area is 154 Å². The Bertz CT molecular complexity index is 844. The first-order chi connectivity index (χ1) is 12.4. The summed E-state index contributed by atoms with van der Waals surface area (Å²) in [5.41, 5.74) is 1.54. The van der Waals surface area contributed by atoms with E-state index in [4.69, 9.17) is 4.74 Å². The van der Waals surface area contributed by atoms with E-state index < -0.39 is 23.4 Å². The molecule has 8 heteroatoms. The monoisotopic (exact) mass is 374 g/mol. The number of nitrogens with zero attached hydrogens (tertiary/aromatic N) is 1. The first-order valence-corrected chi connectivity index (χ1v) is 9.07. The molecule has 136 valence electrons. The van der Waals surface area contributed by atoms with E-state index in [1.54, 1.807) is 0 Å². The molecule has 0 radical (unpaired) electrons. The smallest absolute Gasteiger partial charge is 0.348 e. The molecule has 0 fully saturated rings. The van der Waals surface area contributed by atoms with Crippen LogP contribution in [0.25, 0.3) is 0 Å². The van der Waals surface area contributed by atoms with E-state index in [0.29, 0.717) is 16.5 Å². The number of carbonyl (C=O) groups is 2. The zero-order valence-electron chi connectivity index (χ0n) is 14.2. The number of hydrogen-bond acceptors (Lipinski definition) is 6. The number of carbonyl (C=O) groups excluding carboxylic acids is 2. The Morgan fingerprint density at radius 3 is 2.77 bits per heavy atom. The summed E-state index contributed by atoms with van der Waals surface area (Å²) in [6.45, 7) is 1.79. The first kappa shape index (κ1) is 18.1. The SMILES string of the molecule is C[C@H]1CCc2sc(C(=O)OCC(=O)Nc3ccc([N+](=O)[O-])cc3)cc2C1. The molecule has 0 spiro atoms. The molecule has 7 nitrogen and oxygen atoms in total. The third-order valence-corrected chi connectivity index (χ3v) is 5.44. The van der Waals surface area contributed by atoms with E-state index in [1.165, 1.54) is 46.0 Å². The number of aryl methyl sites for hydroxylation is 1. The lowest BCUT2D eigenvalue weighted by Gasteiger charge is -2.16. The third kappa shape index (κ3) is 4.26. The van der Waals surface area contributed by atoms with E-state index >= 15 is 0 Å². The van der Waals surface area contributed by atoms with Gasteiger partial charge in [0.2, 0.25) is 0 Å². The zero-order chi connectivity index (χ0) is 18.7. The van der Waals surface area contributed by atoms with Crippen LogP contribution < -0.4 is 5.32 Å². The molecule has 2 aromatic rings. The molecule has 1 atom stereocenters. The van der Waals surface area contributed by atoms with Crippen LogP contribution in [0.4, 0.5) is 11.4 Å². The van der Waals surface area contributed by atoms with Crippen molar-refractivity contribution in [3.05, 3.63) is 55.8 Å². The molecule has 0 unspecified atom stereocenters. The van der Waals surface area contributed by atoms with Crippen molar-refractivity contribution in [2.24, 2.45) is 5.92 Å². The molecule has 3 rings (SSSR count). The minimum atomic E-state index is -0.519. The molecule has 1 aliphatic rings. The number of thiophene rings is 1. The van der Waals surface area contributed by atoms with Gasteiger partial charge in [0.05, 0.1) is 4.92 Å². The minimum absolute atomic E-state index is 0.0644. The van der Waals surface area contributed by atoms with Gasteiger partial charge in [0.1, 0.15) is 4.88 Å². The van der Waals surface area contributed by atoms with Crippen molar-refractivity contribution in [2.45, 2.75) is 26.2 Å². The highest BCUT2D eigenvalue weighted by atomic mass is 32.1. The maximum absolute atomic E-state index is 12.2. The van der Waals surface area contributed by atoms with E-state index in [0.717, 1.165) is 19.3 Å². The number of esters is 1. The maximum atomic E-state index is 12.2. The van der Waals surface area contributed by atoms with E-state index in [-0.39, 0.29) is 5.69 Å². The number of anilines is 1. The van der Waals surface area contributed by atoms with Gasteiger partial charge in [-0.1, -0.05) is 6.92 Å². The van der Waals surface area contributed by atoms with E-state index in [1.807, 2.05) is 6.07 Å². The van der Waals surface area contributed by atoms with Gasteiger partial charge in [-0.25, -0.2) is 4.79 Å². The number of hydrogen-bond donors (Lipinski definition) is 1. The maximum Gasteiger partial charge on any atom is 0.348 e. The lowest BCUT2D eigenvalue weighted by molar-refractivity contribution is -0.384. The highest BCUT2D eigenvalue weighted by Gasteiger charge is 2.21. The van der Waals surface area contributed by atoms with Crippen molar-refractivity contribution in [1.29, 1.82) is 0 Å². The quantitative estimate of drug-likeness (QED) is 0.490. The standard InChI is InChI=1S/C18H18N2O5S/c1-11-2-7-15-12(8-11)9-16(26-15)18(22)25-10-17(21)19-13-3-5-14(6-4-13)20(23)24/h3-6,9,11H,2,7-8,10H2,1H3,(H,19,21)/t11-/m0/s1. The molecule has 1 N–H and O–H groups in total. The zero-order valence-corrected chi connectivity index (χ0v) is 15.0. The van der Waals surface area contributed by atoms with Crippen LogP contribution in [0.2, 0.25) is 0 Å². The fourth-order valence-electron chi connectivity index (χ4n) is 2.87. The Morgan fingerprint density at radius 1 is 1.35 bits per heavy atom. The molecule has 26 heavy (non-hydrogen) atoms. The topological polar surface area (TPSA) is 98.5 Å². The number of non-ortho nitro benzene ring substituents is 1. The van der Waals surface area contributed by atoms with Crippen LogP contribution in [0.3, 0.4) is 0 Å². The summed E-state index contributed by atoms with van der Waals surface area (Å²) in [7, 11) is 0. The fraction of sp³-hybridized carbons (Fsp3) is 0.333. The van der Waals surface area contributed by atoms with Crippen molar-refractivity contribution in [2.75, 3.05) is 11.9 Å². The molecule has 0 aliphatic heterocycles. The summed E-state index contributed by atoms with van der Waals surface area (Å²) in [5.74, 6) is -0.383. The van der Waals surface area contributed by atoms with Gasteiger partial charge in [-0.3, -0.25) is 14.9 Å². The third-order valence-electron chi connectivity index (χ3n) is 4.23. The van der Waals surface area contributed by atoms with Crippen molar-refractivity contribution >= 4 is 34.6 Å². The number of fused-ring (bicyclic) bond motifs is 1. The number of nitro benzene ring substituents is 1. The number of rotatable bonds is 5. The summed E-state index contributed by atoms with van der Waals surface area (Å²) >= 11 is 1.44. The summed E-state index contributed by atoms with van der Waals surface area (Å²) in [6, 6.07) is 7.29. The average molecular weight is 374 g/mol. The predicted molar refractivity (Wildman–Crippen MR) is 97.5 cm³/mol. The Balaban J connectivity index is 1.52. The molecule has 1 aromatic carbocycles. The number of amides is 1. The minimum Gasteiger partial charge on any atom is -0.451 e. The predicted octanol–water partition coefficient (Wildman–Crippen LogP) is 3.58. The van der Waals surface area contributed by atoms with Gasteiger partial charge >= 0.3 is 5.97 Å². The number of nitrogens with one attached hydrogen (secondary N) is 1. The van der Waals surface area contributed by atoms with Crippen LogP contribution in [0.15, 0.2) is 30.3 Å². The second kappa shape index (κ2) is 7.65. The lowest BCUT2D eigenvalue weighted by atomic mass is 9.90. The van der Waals surface area contributed by atoms with Gasteiger partial charge in [0.25, 0.3) is 11.6 Å². The van der Waals surface area contributed by atoms with Crippen LogP contribution in [-0.2, 0) is 22.4 Å². The second-order valence-electron chi connectivity index (χ2n) is 6.34. The molecule has 1 aromatic heterocycles. The van der Waals surface area contributed by atoms with Crippen LogP contribution in [-0.4, -0.2) is 23.4 Å². The fourth-order valence-corrected chi connectivity index (χ4v) is 3.97. The summed E-state index contributed by atoms with van der Waals surface area (Å²) in [4.78, 5) is 35.9. The highest BCUT2D eigenvalue weighted by Crippen LogP contribution is 2.32. The Morgan fingerprint density at radius 2 is 2.08 bits per heavy atom. The molecular weight excluding hydrogens is 356 g/mol. The summed E-state index contributed by atoms with van der Waals surface area (Å²) < 4.78 is 5.08. The Hall–Kier alpha value is -2.74. The number of nitro groups is 1. The average Bonchev–Trinajstić information content (AvgIpc) is 3.03. The summed E-state index contributed by atoms with van der Waals surface area (Å²) in [6.07, 6.45) is 3.08. The van der Waals surface area contributed by atoms with Crippen molar-refractivity contribution < 1.29 is 19.2 Å². The molecular formula is C18H18N2O5S. The van der Waals surface area contributed by atoms with Gasteiger partial charge < -0.3 is 10.1 Å². The molecule has 1 aliphatic carbocycles. The van der Waals surface area contributed by atoms with Gasteiger partial charge in [-0.2, -0.15) is 0 Å². The molecule has 1 amide bonds. The number of ether oxygens (including phenoxy) is 1. The molecule has 0 saturated carbocycles. The van der Waals surface area contributed by atoms with Gasteiger partial charge in [-0.05, 0) is 48.9 Å². The Kier molecular flexibility index (Phi) is 5.32. The van der Waals surface area contributed by atoms with Crippen molar-refractivity contribution in [1.82, 2.24) is 0 Å². The van der Waals surface area contributed by atoms with Gasteiger partial charge in [-0.15, -0.1) is 11.3 Å². The summed E-state index contributed by atoms with van der Waals surface area (Å²) in [5, 5.41) is 13.1. The second-order valence-corrected chi connectivity index (χ2v) is 7.47. The van der Waals surface area contributed by atoms with Gasteiger partial charge in [0.15, 0.2) is 6.61 Å². The van der Waals surface area contributed by atoms with Crippen molar-refractivity contribution in [3.63, 3.8) is 0 Å².